The summed E-state index contributed by atoms with van der Waals surface area (Å²) in [6.45, 7) is 4.27. The Morgan fingerprint density at radius 2 is 2.00 bits per heavy atom. The van der Waals surface area contributed by atoms with Crippen LogP contribution >= 0.6 is 0 Å². The molecule has 1 aromatic rings. The molecule has 0 amide bonds. The number of rotatable bonds is 2. The fraction of sp³-hybridized carbons (Fsp3) is 0.500. The summed E-state index contributed by atoms with van der Waals surface area (Å²) in [5.41, 5.74) is 0.0805. The molecule has 3 aliphatic rings. The minimum absolute atomic E-state index is 0.0491. The highest BCUT2D eigenvalue weighted by molar-refractivity contribution is 6.09. The number of carbonyl (C=O) groups excluding carboxylic acids is 1. The van der Waals surface area contributed by atoms with Crippen molar-refractivity contribution in [2.45, 2.75) is 37.7 Å². The SMILES string of the molecule is CC1(C)OC[C@H]([C@@H]2C[C@@]23N=C(c2ccccc2)OC3=O)O1. The van der Waals surface area contributed by atoms with Gasteiger partial charge in [-0.1, -0.05) is 18.2 Å². The van der Waals surface area contributed by atoms with E-state index in [1.807, 2.05) is 44.2 Å². The van der Waals surface area contributed by atoms with Gasteiger partial charge in [-0.05, 0) is 32.4 Å². The van der Waals surface area contributed by atoms with E-state index in [1.165, 1.54) is 0 Å². The molecule has 0 aromatic heterocycles. The van der Waals surface area contributed by atoms with Gasteiger partial charge in [-0.2, -0.15) is 0 Å². The van der Waals surface area contributed by atoms with Gasteiger partial charge in [0.1, 0.15) is 0 Å². The average Bonchev–Trinajstić information content (AvgIpc) is 2.94. The topological polar surface area (TPSA) is 57.1 Å². The number of aliphatic imine (C=N–C) groups is 1. The summed E-state index contributed by atoms with van der Waals surface area (Å²) >= 11 is 0. The van der Waals surface area contributed by atoms with Gasteiger partial charge in [-0.15, -0.1) is 0 Å². The van der Waals surface area contributed by atoms with Crippen molar-refractivity contribution in [3.05, 3.63) is 35.9 Å². The molecule has 0 bridgehead atoms. The molecule has 2 fully saturated rings. The number of nitrogens with zero attached hydrogens (tertiary/aromatic N) is 1. The van der Waals surface area contributed by atoms with E-state index in [4.69, 9.17) is 14.2 Å². The second kappa shape index (κ2) is 4.15. The van der Waals surface area contributed by atoms with E-state index in [0.29, 0.717) is 18.9 Å². The average molecular weight is 287 g/mol. The minimum Gasteiger partial charge on any atom is -0.405 e. The predicted octanol–water partition coefficient (Wildman–Crippen LogP) is 1.90. The number of benzene rings is 1. The van der Waals surface area contributed by atoms with Gasteiger partial charge >= 0.3 is 5.97 Å². The molecule has 2 heterocycles. The van der Waals surface area contributed by atoms with Gasteiger partial charge in [-0.25, -0.2) is 9.79 Å². The third-order valence-corrected chi connectivity index (χ3v) is 4.33. The number of cyclic esters (lactones) is 1. The summed E-state index contributed by atoms with van der Waals surface area (Å²) < 4.78 is 16.8. The number of esters is 1. The third-order valence-electron chi connectivity index (χ3n) is 4.33. The van der Waals surface area contributed by atoms with Crippen LogP contribution in [0.1, 0.15) is 25.8 Å². The van der Waals surface area contributed by atoms with E-state index in [0.717, 1.165) is 5.56 Å². The molecule has 5 heteroatoms. The van der Waals surface area contributed by atoms with Gasteiger partial charge in [0, 0.05) is 11.5 Å². The van der Waals surface area contributed by atoms with E-state index in [-0.39, 0.29) is 18.0 Å². The van der Waals surface area contributed by atoms with Crippen LogP contribution in [0.25, 0.3) is 0 Å². The van der Waals surface area contributed by atoms with Gasteiger partial charge in [-0.3, -0.25) is 0 Å². The highest BCUT2D eigenvalue weighted by Crippen LogP contribution is 2.55. The number of ether oxygens (including phenoxy) is 3. The van der Waals surface area contributed by atoms with E-state index < -0.39 is 11.3 Å². The summed E-state index contributed by atoms with van der Waals surface area (Å²) in [5, 5.41) is 0. The highest BCUT2D eigenvalue weighted by atomic mass is 16.7. The van der Waals surface area contributed by atoms with E-state index >= 15 is 0 Å². The monoisotopic (exact) mass is 287 g/mol. The molecule has 0 radical (unpaired) electrons. The summed E-state index contributed by atoms with van der Waals surface area (Å²) in [6.07, 6.45) is 0.582. The van der Waals surface area contributed by atoms with Crippen LogP contribution in [0.4, 0.5) is 0 Å². The molecule has 4 rings (SSSR count). The molecule has 1 aromatic carbocycles. The fourth-order valence-corrected chi connectivity index (χ4v) is 3.12. The lowest BCUT2D eigenvalue weighted by molar-refractivity contribution is -0.144. The zero-order valence-corrected chi connectivity index (χ0v) is 12.0. The van der Waals surface area contributed by atoms with Crippen LogP contribution in [0.15, 0.2) is 35.3 Å². The van der Waals surface area contributed by atoms with E-state index in [2.05, 4.69) is 4.99 Å². The zero-order valence-electron chi connectivity index (χ0n) is 12.0. The number of hydrogen-bond donors (Lipinski definition) is 0. The molecule has 0 unspecified atom stereocenters. The quantitative estimate of drug-likeness (QED) is 0.780. The Hall–Kier alpha value is -1.72. The highest BCUT2D eigenvalue weighted by Gasteiger charge is 2.69. The van der Waals surface area contributed by atoms with Crippen LogP contribution in [0.5, 0.6) is 0 Å². The van der Waals surface area contributed by atoms with Crippen molar-refractivity contribution in [3.8, 4) is 0 Å². The molecule has 21 heavy (non-hydrogen) atoms. The minimum atomic E-state index is -0.750. The summed E-state index contributed by atoms with van der Waals surface area (Å²) in [7, 11) is 0. The van der Waals surface area contributed by atoms with Crippen molar-refractivity contribution in [1.82, 2.24) is 0 Å². The Morgan fingerprint density at radius 1 is 1.24 bits per heavy atom. The zero-order chi connectivity index (χ0) is 14.7. The van der Waals surface area contributed by atoms with Crippen LogP contribution < -0.4 is 0 Å². The van der Waals surface area contributed by atoms with Crippen LogP contribution in [-0.2, 0) is 19.0 Å². The molecular formula is C16H17NO4. The Bertz CT molecular complexity index is 624. The Balaban J connectivity index is 1.57. The smallest absolute Gasteiger partial charge is 0.341 e. The van der Waals surface area contributed by atoms with Gasteiger partial charge in [0.15, 0.2) is 11.3 Å². The molecule has 0 N–H and O–H groups in total. The summed E-state index contributed by atoms with van der Waals surface area (Å²) in [5.74, 6) is -0.378. The molecule has 1 aliphatic carbocycles. The van der Waals surface area contributed by atoms with Crippen LogP contribution in [0.3, 0.4) is 0 Å². The van der Waals surface area contributed by atoms with Gasteiger partial charge < -0.3 is 14.2 Å². The second-order valence-corrected chi connectivity index (χ2v) is 6.27. The third kappa shape index (κ3) is 2.00. The van der Waals surface area contributed by atoms with Crippen LogP contribution in [-0.4, -0.2) is 35.9 Å². The Morgan fingerprint density at radius 3 is 2.67 bits per heavy atom. The lowest BCUT2D eigenvalue weighted by Gasteiger charge is -2.17. The number of carbonyl (C=O) groups is 1. The maximum Gasteiger partial charge on any atom is 0.341 e. The van der Waals surface area contributed by atoms with Crippen molar-refractivity contribution in [2.24, 2.45) is 10.9 Å². The van der Waals surface area contributed by atoms with Crippen LogP contribution in [0.2, 0.25) is 0 Å². The van der Waals surface area contributed by atoms with Crippen LogP contribution in [0, 0.1) is 5.92 Å². The van der Waals surface area contributed by atoms with E-state index in [1.54, 1.807) is 0 Å². The molecular weight excluding hydrogens is 270 g/mol. The Kier molecular flexibility index (Phi) is 2.56. The van der Waals surface area contributed by atoms with Gasteiger partial charge in [0.05, 0.1) is 12.7 Å². The van der Waals surface area contributed by atoms with Crippen molar-refractivity contribution in [3.63, 3.8) is 0 Å². The second-order valence-electron chi connectivity index (χ2n) is 6.27. The normalized spacial score (nSPS) is 36.7. The summed E-state index contributed by atoms with van der Waals surface area (Å²) in [4.78, 5) is 16.8. The molecule has 110 valence electrons. The number of hydrogen-bond acceptors (Lipinski definition) is 5. The first-order valence-corrected chi connectivity index (χ1v) is 7.19. The molecule has 1 spiro atoms. The first-order chi connectivity index (χ1) is 10.0. The van der Waals surface area contributed by atoms with E-state index in [9.17, 15) is 4.79 Å². The maximum atomic E-state index is 12.2. The Labute approximate surface area is 122 Å². The van der Waals surface area contributed by atoms with Crippen molar-refractivity contribution < 1.29 is 19.0 Å². The summed E-state index contributed by atoms with van der Waals surface area (Å²) in [6, 6.07) is 9.50. The predicted molar refractivity (Wildman–Crippen MR) is 74.8 cm³/mol. The molecule has 5 nitrogen and oxygen atoms in total. The largest absolute Gasteiger partial charge is 0.405 e. The lowest BCUT2D eigenvalue weighted by atomic mass is 10.1. The molecule has 1 saturated heterocycles. The van der Waals surface area contributed by atoms with Crippen molar-refractivity contribution in [1.29, 1.82) is 0 Å². The van der Waals surface area contributed by atoms with Gasteiger partial charge in [0.2, 0.25) is 5.90 Å². The lowest BCUT2D eigenvalue weighted by Crippen LogP contribution is -2.28. The first-order valence-electron chi connectivity index (χ1n) is 7.19. The molecule has 2 aliphatic heterocycles. The first kappa shape index (κ1) is 13.0. The van der Waals surface area contributed by atoms with Gasteiger partial charge in [0.25, 0.3) is 0 Å². The maximum absolute atomic E-state index is 12.2. The fourth-order valence-electron chi connectivity index (χ4n) is 3.12. The standard InChI is InChI=1S/C16H17NO4/c1-15(2)19-9-12(21-15)11-8-16(11)14(18)20-13(17-16)10-6-4-3-5-7-10/h3-7,11-12H,8-9H2,1-2H3/t11-,12+,16+/m0/s1. The van der Waals surface area contributed by atoms with Crippen molar-refractivity contribution in [2.75, 3.05) is 6.61 Å². The molecule has 1 saturated carbocycles. The van der Waals surface area contributed by atoms with Crippen molar-refractivity contribution >= 4 is 11.9 Å². The molecule has 3 atom stereocenters.